The van der Waals surface area contributed by atoms with Gasteiger partial charge < -0.3 is 19.5 Å². The number of halogens is 1. The summed E-state index contributed by atoms with van der Waals surface area (Å²) in [7, 11) is 0. The minimum Gasteiger partial charge on any atom is -0.423 e. The molecule has 4 rings (SSSR count). The molecule has 0 aliphatic carbocycles. The van der Waals surface area contributed by atoms with Gasteiger partial charge in [-0.2, -0.15) is 4.98 Å². The highest BCUT2D eigenvalue weighted by atomic mass is 35.5. The van der Waals surface area contributed by atoms with E-state index in [2.05, 4.69) is 29.0 Å². The summed E-state index contributed by atoms with van der Waals surface area (Å²) in [4.78, 5) is 21.5. The predicted octanol–water partition coefficient (Wildman–Crippen LogP) is 2.59. The molecule has 0 bridgehead atoms. The number of fused-ring (bicyclic) bond motifs is 1. The third-order valence-corrected chi connectivity index (χ3v) is 5.37. The number of carbonyl (C=O) groups excluding carboxylic acids is 1. The molecule has 2 aliphatic rings. The lowest BCUT2D eigenvalue weighted by atomic mass is 9.92. The molecular formula is C19H27ClN4O2. The highest BCUT2D eigenvalue weighted by molar-refractivity contribution is 5.85. The van der Waals surface area contributed by atoms with Crippen molar-refractivity contribution in [2.75, 3.05) is 37.6 Å². The first-order chi connectivity index (χ1) is 12.1. The van der Waals surface area contributed by atoms with Gasteiger partial charge in [-0.3, -0.25) is 4.79 Å². The molecule has 7 heteroatoms. The van der Waals surface area contributed by atoms with Crippen molar-refractivity contribution in [2.24, 2.45) is 5.92 Å². The van der Waals surface area contributed by atoms with Gasteiger partial charge in [0.15, 0.2) is 5.58 Å². The lowest BCUT2D eigenvalue weighted by Crippen LogP contribution is -2.52. The number of aryl methyl sites for hydroxylation is 1. The molecule has 142 valence electrons. The monoisotopic (exact) mass is 378 g/mol. The molecule has 2 saturated heterocycles. The Balaban J connectivity index is 0.00000196. The van der Waals surface area contributed by atoms with E-state index in [0.717, 1.165) is 56.7 Å². The van der Waals surface area contributed by atoms with Crippen molar-refractivity contribution >= 4 is 35.4 Å². The predicted molar refractivity (Wildman–Crippen MR) is 105 cm³/mol. The van der Waals surface area contributed by atoms with Crippen LogP contribution in [0.25, 0.3) is 11.1 Å². The van der Waals surface area contributed by atoms with Crippen LogP contribution in [0.5, 0.6) is 0 Å². The molecule has 0 radical (unpaired) electrons. The van der Waals surface area contributed by atoms with Crippen LogP contribution in [0.1, 0.15) is 25.3 Å². The van der Waals surface area contributed by atoms with E-state index in [9.17, 15) is 4.79 Å². The number of hydrogen-bond acceptors (Lipinski definition) is 5. The molecule has 2 aliphatic heterocycles. The van der Waals surface area contributed by atoms with Crippen LogP contribution in [-0.2, 0) is 4.79 Å². The smallest absolute Gasteiger partial charge is 0.298 e. The van der Waals surface area contributed by atoms with E-state index in [1.54, 1.807) is 0 Å². The molecule has 2 atom stereocenters. The number of nitrogens with zero attached hydrogens (tertiary/aromatic N) is 3. The molecule has 0 spiro atoms. The van der Waals surface area contributed by atoms with Crippen molar-refractivity contribution in [3.63, 3.8) is 0 Å². The Morgan fingerprint density at radius 1 is 1.27 bits per heavy atom. The summed E-state index contributed by atoms with van der Waals surface area (Å²) in [6.07, 6.45) is 1.90. The molecule has 1 aromatic heterocycles. The van der Waals surface area contributed by atoms with Crippen LogP contribution in [-0.4, -0.2) is 54.6 Å². The van der Waals surface area contributed by atoms with E-state index in [1.165, 1.54) is 5.56 Å². The van der Waals surface area contributed by atoms with Crippen molar-refractivity contribution in [1.82, 2.24) is 15.2 Å². The number of piperazine rings is 1. The van der Waals surface area contributed by atoms with Gasteiger partial charge in [-0.05, 0) is 50.9 Å². The van der Waals surface area contributed by atoms with Crippen molar-refractivity contribution in [3.8, 4) is 0 Å². The van der Waals surface area contributed by atoms with Gasteiger partial charge >= 0.3 is 0 Å². The average molecular weight is 379 g/mol. The summed E-state index contributed by atoms with van der Waals surface area (Å²) < 4.78 is 5.89. The Hall–Kier alpha value is -1.79. The number of carbonyl (C=O) groups is 1. The number of amides is 1. The average Bonchev–Trinajstić information content (AvgIpc) is 3.04. The number of oxazole rings is 1. The van der Waals surface area contributed by atoms with Gasteiger partial charge in [0.1, 0.15) is 5.52 Å². The Morgan fingerprint density at radius 3 is 2.77 bits per heavy atom. The van der Waals surface area contributed by atoms with E-state index in [-0.39, 0.29) is 18.3 Å². The van der Waals surface area contributed by atoms with Crippen molar-refractivity contribution in [2.45, 2.75) is 32.7 Å². The largest absolute Gasteiger partial charge is 0.423 e. The Kier molecular flexibility index (Phi) is 5.73. The minimum absolute atomic E-state index is 0. The van der Waals surface area contributed by atoms with Crippen LogP contribution in [0.3, 0.4) is 0 Å². The number of nitrogens with one attached hydrogen (secondary N) is 1. The number of anilines is 1. The summed E-state index contributed by atoms with van der Waals surface area (Å²) in [5, 5.41) is 3.42. The molecule has 3 heterocycles. The van der Waals surface area contributed by atoms with Gasteiger partial charge in [0.05, 0.1) is 0 Å². The van der Waals surface area contributed by atoms with E-state index in [1.807, 2.05) is 23.1 Å². The van der Waals surface area contributed by atoms with Crippen LogP contribution >= 0.6 is 12.4 Å². The van der Waals surface area contributed by atoms with E-state index < -0.39 is 0 Å². The van der Waals surface area contributed by atoms with Crippen LogP contribution in [0.4, 0.5) is 6.01 Å². The zero-order chi connectivity index (χ0) is 17.4. The number of piperidine rings is 1. The Bertz CT molecular complexity index is 770. The van der Waals surface area contributed by atoms with Gasteiger partial charge in [-0.25, -0.2) is 0 Å². The van der Waals surface area contributed by atoms with Crippen molar-refractivity contribution < 1.29 is 9.21 Å². The van der Waals surface area contributed by atoms with Crippen molar-refractivity contribution in [1.29, 1.82) is 0 Å². The normalized spacial score (nSPS) is 23.8. The second-order valence-corrected chi connectivity index (χ2v) is 7.36. The first kappa shape index (κ1) is 19.0. The maximum Gasteiger partial charge on any atom is 0.298 e. The molecule has 1 amide bonds. The zero-order valence-corrected chi connectivity index (χ0v) is 16.2. The fourth-order valence-corrected chi connectivity index (χ4v) is 3.89. The maximum atomic E-state index is 12.8. The van der Waals surface area contributed by atoms with Gasteiger partial charge in [0.25, 0.3) is 6.01 Å². The highest BCUT2D eigenvalue weighted by Gasteiger charge is 2.31. The molecule has 2 aromatic rings. The molecule has 0 unspecified atom stereocenters. The first-order valence-corrected chi connectivity index (χ1v) is 9.24. The SMILES string of the molecule is Cc1ccc2oc(N3CCN(C(=O)[C@H]4CCN[C@@H](C)C4)CC3)nc2c1.Cl. The fourth-order valence-electron chi connectivity index (χ4n) is 3.89. The topological polar surface area (TPSA) is 61.6 Å². The third-order valence-electron chi connectivity index (χ3n) is 5.37. The number of benzene rings is 1. The van der Waals surface area contributed by atoms with Crippen molar-refractivity contribution in [3.05, 3.63) is 23.8 Å². The van der Waals surface area contributed by atoms with E-state index in [0.29, 0.717) is 18.0 Å². The molecule has 6 nitrogen and oxygen atoms in total. The van der Waals surface area contributed by atoms with Crippen LogP contribution in [0, 0.1) is 12.8 Å². The first-order valence-electron chi connectivity index (χ1n) is 9.24. The Morgan fingerprint density at radius 2 is 2.04 bits per heavy atom. The summed E-state index contributed by atoms with van der Waals surface area (Å²) in [5.41, 5.74) is 2.90. The molecule has 26 heavy (non-hydrogen) atoms. The maximum absolute atomic E-state index is 12.8. The van der Waals surface area contributed by atoms with Gasteiger partial charge in [0, 0.05) is 38.1 Å². The van der Waals surface area contributed by atoms with E-state index >= 15 is 0 Å². The second kappa shape index (κ2) is 7.84. The standard InChI is InChI=1S/C19H26N4O2.ClH/c1-13-3-4-17-16(11-13)21-19(25-17)23-9-7-22(8-10-23)18(24)15-5-6-20-14(2)12-15;/h3-4,11,14-15,20H,5-10,12H2,1-2H3;1H/t14-,15-;/m0./s1. The Labute approximate surface area is 160 Å². The quantitative estimate of drug-likeness (QED) is 0.870. The lowest BCUT2D eigenvalue weighted by molar-refractivity contribution is -0.137. The van der Waals surface area contributed by atoms with Gasteiger partial charge in [0.2, 0.25) is 5.91 Å². The molecule has 1 N–H and O–H groups in total. The lowest BCUT2D eigenvalue weighted by Gasteiger charge is -2.37. The third kappa shape index (κ3) is 3.81. The number of aromatic nitrogens is 1. The summed E-state index contributed by atoms with van der Waals surface area (Å²) in [5.74, 6) is 0.497. The van der Waals surface area contributed by atoms with Crippen LogP contribution in [0.15, 0.2) is 22.6 Å². The highest BCUT2D eigenvalue weighted by Crippen LogP contribution is 2.25. The molecule has 0 saturated carbocycles. The van der Waals surface area contributed by atoms with Gasteiger partial charge in [-0.1, -0.05) is 6.07 Å². The fraction of sp³-hybridized carbons (Fsp3) is 0.579. The summed E-state index contributed by atoms with van der Waals surface area (Å²) >= 11 is 0. The van der Waals surface area contributed by atoms with Crippen LogP contribution in [0.2, 0.25) is 0 Å². The molecule has 1 aromatic carbocycles. The molecule has 2 fully saturated rings. The zero-order valence-electron chi connectivity index (χ0n) is 15.4. The van der Waals surface area contributed by atoms with Crippen LogP contribution < -0.4 is 10.2 Å². The summed E-state index contributed by atoms with van der Waals surface area (Å²) in [6, 6.07) is 7.16. The number of hydrogen-bond donors (Lipinski definition) is 1. The molecular weight excluding hydrogens is 352 g/mol. The minimum atomic E-state index is 0. The number of rotatable bonds is 2. The van der Waals surface area contributed by atoms with Gasteiger partial charge in [-0.15, -0.1) is 12.4 Å². The second-order valence-electron chi connectivity index (χ2n) is 7.36. The van der Waals surface area contributed by atoms with E-state index in [4.69, 9.17) is 4.42 Å². The summed E-state index contributed by atoms with van der Waals surface area (Å²) in [6.45, 7) is 8.20.